The first kappa shape index (κ1) is 18.5. The number of amides is 1. The number of sulfone groups is 1. The van der Waals surface area contributed by atoms with Crippen molar-refractivity contribution >= 4 is 21.4 Å². The summed E-state index contributed by atoms with van der Waals surface area (Å²) in [5.74, 6) is -0.222. The van der Waals surface area contributed by atoms with E-state index in [2.05, 4.69) is 30.0 Å². The summed E-state index contributed by atoms with van der Waals surface area (Å²) in [6.07, 6.45) is 0. The molecule has 5 nitrogen and oxygen atoms in total. The van der Waals surface area contributed by atoms with Crippen molar-refractivity contribution in [1.29, 1.82) is 0 Å². The standard InChI is InChI=1S/C20H24N2O3S/c1-3-26(24,25)19-10-5-4-9-18(19)20(23)22-13-11-21(12-14-22)17-8-6-7-16(2)15-17/h4-10,15H,3,11-14H2,1-2H3. The van der Waals surface area contributed by atoms with Crippen LogP contribution in [0, 0.1) is 6.92 Å². The summed E-state index contributed by atoms with van der Waals surface area (Å²) in [7, 11) is -3.43. The van der Waals surface area contributed by atoms with Crippen LogP contribution in [0.2, 0.25) is 0 Å². The number of nitrogens with zero attached hydrogens (tertiary/aromatic N) is 2. The van der Waals surface area contributed by atoms with Crippen LogP contribution in [0.1, 0.15) is 22.8 Å². The van der Waals surface area contributed by atoms with Crippen molar-refractivity contribution in [3.8, 4) is 0 Å². The Labute approximate surface area is 155 Å². The minimum Gasteiger partial charge on any atom is -0.368 e. The van der Waals surface area contributed by atoms with Gasteiger partial charge in [0.25, 0.3) is 5.91 Å². The molecule has 1 amide bonds. The molecule has 1 heterocycles. The zero-order valence-electron chi connectivity index (χ0n) is 15.2. The van der Waals surface area contributed by atoms with Crippen LogP contribution in [-0.4, -0.2) is 51.2 Å². The molecule has 0 aromatic heterocycles. The molecule has 2 aromatic carbocycles. The molecule has 6 heteroatoms. The van der Waals surface area contributed by atoms with E-state index in [0.29, 0.717) is 13.1 Å². The molecule has 0 aliphatic carbocycles. The maximum atomic E-state index is 12.9. The number of carbonyl (C=O) groups excluding carboxylic acids is 1. The quantitative estimate of drug-likeness (QED) is 0.828. The lowest BCUT2D eigenvalue weighted by Crippen LogP contribution is -2.49. The molecule has 1 fully saturated rings. The zero-order chi connectivity index (χ0) is 18.7. The summed E-state index contributed by atoms with van der Waals surface area (Å²) in [5, 5.41) is 0. The van der Waals surface area contributed by atoms with E-state index >= 15 is 0 Å². The summed E-state index contributed by atoms with van der Waals surface area (Å²) < 4.78 is 24.6. The lowest BCUT2D eigenvalue weighted by Gasteiger charge is -2.36. The fourth-order valence-corrected chi connectivity index (χ4v) is 4.32. The highest BCUT2D eigenvalue weighted by Gasteiger charge is 2.27. The smallest absolute Gasteiger partial charge is 0.255 e. The van der Waals surface area contributed by atoms with Crippen LogP contribution in [-0.2, 0) is 9.84 Å². The van der Waals surface area contributed by atoms with Crippen molar-refractivity contribution in [3.05, 3.63) is 59.7 Å². The number of aryl methyl sites for hydroxylation is 1. The first-order valence-electron chi connectivity index (χ1n) is 8.85. The first-order valence-corrected chi connectivity index (χ1v) is 10.5. The number of hydrogen-bond acceptors (Lipinski definition) is 4. The van der Waals surface area contributed by atoms with Gasteiger partial charge in [0, 0.05) is 31.9 Å². The maximum Gasteiger partial charge on any atom is 0.255 e. The average Bonchev–Trinajstić information content (AvgIpc) is 2.67. The number of piperazine rings is 1. The molecule has 0 unspecified atom stereocenters. The Bertz CT molecular complexity index is 901. The summed E-state index contributed by atoms with van der Waals surface area (Å²) in [5.41, 5.74) is 2.64. The van der Waals surface area contributed by atoms with Gasteiger partial charge in [-0.3, -0.25) is 4.79 Å². The van der Waals surface area contributed by atoms with Gasteiger partial charge in [0.2, 0.25) is 0 Å². The van der Waals surface area contributed by atoms with Crippen molar-refractivity contribution in [2.45, 2.75) is 18.7 Å². The van der Waals surface area contributed by atoms with Gasteiger partial charge >= 0.3 is 0 Å². The number of hydrogen-bond donors (Lipinski definition) is 0. The third-order valence-corrected chi connectivity index (χ3v) is 6.55. The van der Waals surface area contributed by atoms with Gasteiger partial charge in [-0.2, -0.15) is 0 Å². The molecule has 0 radical (unpaired) electrons. The molecule has 3 rings (SSSR count). The summed E-state index contributed by atoms with van der Waals surface area (Å²) >= 11 is 0. The number of benzene rings is 2. The Morgan fingerprint density at radius 2 is 1.69 bits per heavy atom. The minimum absolute atomic E-state index is 0.0154. The van der Waals surface area contributed by atoms with Gasteiger partial charge in [-0.25, -0.2) is 8.42 Å². The highest BCUT2D eigenvalue weighted by Crippen LogP contribution is 2.22. The molecule has 0 N–H and O–H groups in total. The molecule has 1 saturated heterocycles. The van der Waals surface area contributed by atoms with Crippen LogP contribution in [0.4, 0.5) is 5.69 Å². The minimum atomic E-state index is -3.43. The number of carbonyl (C=O) groups is 1. The van der Waals surface area contributed by atoms with Gasteiger partial charge in [-0.1, -0.05) is 31.2 Å². The van der Waals surface area contributed by atoms with Crippen molar-refractivity contribution in [2.24, 2.45) is 0 Å². The normalized spacial score (nSPS) is 15.2. The highest BCUT2D eigenvalue weighted by molar-refractivity contribution is 7.91. The predicted octanol–water partition coefficient (Wildman–Crippen LogP) is 2.75. The van der Waals surface area contributed by atoms with E-state index in [0.717, 1.165) is 18.8 Å². The van der Waals surface area contributed by atoms with Crippen molar-refractivity contribution in [2.75, 3.05) is 36.8 Å². The van der Waals surface area contributed by atoms with Crippen LogP contribution in [0.3, 0.4) is 0 Å². The molecule has 2 aromatic rings. The van der Waals surface area contributed by atoms with E-state index in [1.807, 2.05) is 6.07 Å². The Morgan fingerprint density at radius 3 is 2.35 bits per heavy atom. The van der Waals surface area contributed by atoms with Crippen molar-refractivity contribution in [3.63, 3.8) is 0 Å². The second-order valence-corrected chi connectivity index (χ2v) is 8.76. The molecular formula is C20H24N2O3S. The van der Waals surface area contributed by atoms with Gasteiger partial charge in [0.05, 0.1) is 16.2 Å². The fourth-order valence-electron chi connectivity index (χ4n) is 3.23. The molecule has 26 heavy (non-hydrogen) atoms. The monoisotopic (exact) mass is 372 g/mol. The second-order valence-electron chi connectivity index (χ2n) is 6.52. The third-order valence-electron chi connectivity index (χ3n) is 4.77. The third kappa shape index (κ3) is 3.75. The Kier molecular flexibility index (Phi) is 5.32. The predicted molar refractivity (Wildman–Crippen MR) is 103 cm³/mol. The lowest BCUT2D eigenvalue weighted by atomic mass is 10.1. The van der Waals surface area contributed by atoms with E-state index in [-0.39, 0.29) is 22.1 Å². The molecular weight excluding hydrogens is 348 g/mol. The van der Waals surface area contributed by atoms with Gasteiger partial charge in [-0.15, -0.1) is 0 Å². The van der Waals surface area contributed by atoms with Gasteiger partial charge in [0.1, 0.15) is 0 Å². The topological polar surface area (TPSA) is 57.7 Å². The zero-order valence-corrected chi connectivity index (χ0v) is 16.0. The lowest BCUT2D eigenvalue weighted by molar-refractivity contribution is 0.0743. The van der Waals surface area contributed by atoms with Crippen LogP contribution in [0.15, 0.2) is 53.4 Å². The van der Waals surface area contributed by atoms with Crippen LogP contribution in [0.5, 0.6) is 0 Å². The summed E-state index contributed by atoms with van der Waals surface area (Å²) in [4.78, 5) is 17.1. The van der Waals surface area contributed by atoms with Gasteiger partial charge < -0.3 is 9.80 Å². The van der Waals surface area contributed by atoms with Crippen molar-refractivity contribution in [1.82, 2.24) is 4.90 Å². The number of anilines is 1. The van der Waals surface area contributed by atoms with E-state index in [4.69, 9.17) is 0 Å². The molecule has 0 bridgehead atoms. The second kappa shape index (κ2) is 7.50. The summed E-state index contributed by atoms with van der Waals surface area (Å²) in [6, 6.07) is 14.8. The average molecular weight is 372 g/mol. The molecule has 138 valence electrons. The molecule has 0 saturated carbocycles. The number of rotatable bonds is 4. The van der Waals surface area contributed by atoms with Crippen LogP contribution >= 0.6 is 0 Å². The molecule has 1 aliphatic heterocycles. The van der Waals surface area contributed by atoms with Crippen molar-refractivity contribution < 1.29 is 13.2 Å². The Balaban J connectivity index is 1.76. The first-order chi connectivity index (χ1) is 12.4. The SMILES string of the molecule is CCS(=O)(=O)c1ccccc1C(=O)N1CCN(c2cccc(C)c2)CC1. The largest absolute Gasteiger partial charge is 0.368 e. The summed E-state index contributed by atoms with van der Waals surface area (Å²) in [6.45, 7) is 6.28. The van der Waals surface area contributed by atoms with Gasteiger partial charge in [0.15, 0.2) is 9.84 Å². The van der Waals surface area contributed by atoms with Crippen LogP contribution in [0.25, 0.3) is 0 Å². The van der Waals surface area contributed by atoms with E-state index in [1.54, 1.807) is 30.0 Å². The fraction of sp³-hybridized carbons (Fsp3) is 0.350. The maximum absolute atomic E-state index is 12.9. The van der Waals surface area contributed by atoms with E-state index < -0.39 is 9.84 Å². The van der Waals surface area contributed by atoms with Crippen LogP contribution < -0.4 is 4.90 Å². The molecule has 1 aliphatic rings. The van der Waals surface area contributed by atoms with Gasteiger partial charge in [-0.05, 0) is 36.8 Å². The molecule has 0 spiro atoms. The van der Waals surface area contributed by atoms with E-state index in [9.17, 15) is 13.2 Å². The van der Waals surface area contributed by atoms with E-state index in [1.165, 1.54) is 11.6 Å². The Morgan fingerprint density at radius 1 is 1.00 bits per heavy atom. The molecule has 0 atom stereocenters. The highest BCUT2D eigenvalue weighted by atomic mass is 32.2. The Hall–Kier alpha value is -2.34.